The van der Waals surface area contributed by atoms with Crippen LogP contribution in [-0.4, -0.2) is 4.92 Å². The Morgan fingerprint density at radius 2 is 1.85 bits per heavy atom. The van der Waals surface area contributed by atoms with Crippen LogP contribution in [0.4, 0.5) is 20.2 Å². The molecule has 20 heavy (non-hydrogen) atoms. The zero-order valence-corrected chi connectivity index (χ0v) is 10.7. The molecule has 0 unspecified atom stereocenters. The molecule has 2 aromatic carbocycles. The molecule has 0 aliphatic carbocycles. The first-order chi connectivity index (χ1) is 9.47. The molecule has 0 saturated heterocycles. The number of hydrogen-bond donors (Lipinski definition) is 1. The average molecular weight is 278 g/mol. The molecule has 0 aliphatic rings. The lowest BCUT2D eigenvalue weighted by atomic mass is 10.1. The first-order valence-corrected chi connectivity index (χ1v) is 5.90. The number of rotatable bonds is 4. The summed E-state index contributed by atoms with van der Waals surface area (Å²) < 4.78 is 27.3. The van der Waals surface area contributed by atoms with Gasteiger partial charge in [0.05, 0.1) is 17.1 Å². The van der Waals surface area contributed by atoms with Crippen molar-refractivity contribution in [3.05, 3.63) is 69.3 Å². The van der Waals surface area contributed by atoms with Gasteiger partial charge in [-0.2, -0.15) is 0 Å². The van der Waals surface area contributed by atoms with Crippen LogP contribution in [0.2, 0.25) is 0 Å². The SMILES string of the molecule is Cc1cccc(CNc2c(F)cc([N+](=O)[O-])cc2F)c1. The van der Waals surface area contributed by atoms with Crippen molar-refractivity contribution in [3.63, 3.8) is 0 Å². The summed E-state index contributed by atoms with van der Waals surface area (Å²) in [5.74, 6) is -1.96. The lowest BCUT2D eigenvalue weighted by Crippen LogP contribution is -2.05. The highest BCUT2D eigenvalue weighted by Crippen LogP contribution is 2.25. The van der Waals surface area contributed by atoms with Crippen LogP contribution in [0.25, 0.3) is 0 Å². The highest BCUT2D eigenvalue weighted by Gasteiger charge is 2.16. The number of aryl methyl sites for hydroxylation is 1. The summed E-state index contributed by atoms with van der Waals surface area (Å²) in [6.45, 7) is 2.14. The van der Waals surface area contributed by atoms with E-state index in [4.69, 9.17) is 0 Å². The molecule has 1 N–H and O–H groups in total. The van der Waals surface area contributed by atoms with Crippen LogP contribution in [0, 0.1) is 28.7 Å². The van der Waals surface area contributed by atoms with Crippen molar-refractivity contribution >= 4 is 11.4 Å². The molecule has 0 fully saturated rings. The average Bonchev–Trinajstić information content (AvgIpc) is 2.37. The molecule has 0 radical (unpaired) electrons. The van der Waals surface area contributed by atoms with Gasteiger partial charge in [0.1, 0.15) is 5.69 Å². The van der Waals surface area contributed by atoms with Crippen molar-refractivity contribution in [2.24, 2.45) is 0 Å². The van der Waals surface area contributed by atoms with Crippen LogP contribution in [0.15, 0.2) is 36.4 Å². The molecule has 0 bridgehead atoms. The van der Waals surface area contributed by atoms with Crippen LogP contribution in [0.1, 0.15) is 11.1 Å². The van der Waals surface area contributed by atoms with E-state index in [2.05, 4.69) is 5.32 Å². The third-order valence-corrected chi connectivity index (χ3v) is 2.79. The molecule has 0 saturated carbocycles. The van der Waals surface area contributed by atoms with Gasteiger partial charge >= 0.3 is 0 Å². The lowest BCUT2D eigenvalue weighted by Gasteiger charge is -2.09. The molecule has 104 valence electrons. The Kier molecular flexibility index (Phi) is 3.93. The number of nitro groups is 1. The minimum Gasteiger partial charge on any atom is -0.376 e. The van der Waals surface area contributed by atoms with Gasteiger partial charge in [-0.1, -0.05) is 29.8 Å². The maximum atomic E-state index is 13.6. The minimum atomic E-state index is -0.982. The molecular formula is C14H12F2N2O2. The zero-order valence-electron chi connectivity index (χ0n) is 10.7. The second-order valence-corrected chi connectivity index (χ2v) is 4.38. The molecule has 6 heteroatoms. The topological polar surface area (TPSA) is 55.2 Å². The summed E-state index contributed by atoms with van der Waals surface area (Å²) in [4.78, 5) is 9.65. The number of nitro benzene ring substituents is 1. The summed E-state index contributed by atoms with van der Waals surface area (Å²) in [7, 11) is 0. The smallest absolute Gasteiger partial charge is 0.275 e. The van der Waals surface area contributed by atoms with Gasteiger partial charge in [0.2, 0.25) is 0 Å². The molecule has 2 aromatic rings. The Bertz CT molecular complexity index is 636. The Balaban J connectivity index is 2.20. The minimum absolute atomic E-state index is 0.229. The van der Waals surface area contributed by atoms with Crippen molar-refractivity contribution in [2.75, 3.05) is 5.32 Å². The fourth-order valence-electron chi connectivity index (χ4n) is 1.85. The Morgan fingerprint density at radius 3 is 2.40 bits per heavy atom. The Hall–Kier alpha value is -2.50. The van der Waals surface area contributed by atoms with E-state index in [9.17, 15) is 18.9 Å². The molecular weight excluding hydrogens is 266 g/mol. The second-order valence-electron chi connectivity index (χ2n) is 4.38. The predicted molar refractivity (Wildman–Crippen MR) is 71.5 cm³/mol. The molecule has 0 aliphatic heterocycles. The summed E-state index contributed by atoms with van der Waals surface area (Å²) in [6.07, 6.45) is 0. The van der Waals surface area contributed by atoms with E-state index < -0.39 is 22.2 Å². The summed E-state index contributed by atoms with van der Waals surface area (Å²) in [5, 5.41) is 13.1. The lowest BCUT2D eigenvalue weighted by molar-refractivity contribution is -0.385. The standard InChI is InChI=1S/C14H12F2N2O2/c1-9-3-2-4-10(5-9)8-17-14-12(15)6-11(18(19)20)7-13(14)16/h2-7,17H,8H2,1H3. The maximum absolute atomic E-state index is 13.6. The van der Waals surface area contributed by atoms with Crippen LogP contribution in [0.5, 0.6) is 0 Å². The number of halogens is 2. The van der Waals surface area contributed by atoms with Crippen LogP contribution in [0.3, 0.4) is 0 Å². The first kappa shape index (κ1) is 13.9. The van der Waals surface area contributed by atoms with E-state index in [1.54, 1.807) is 0 Å². The van der Waals surface area contributed by atoms with Crippen molar-refractivity contribution in [1.82, 2.24) is 0 Å². The second kappa shape index (κ2) is 5.64. The van der Waals surface area contributed by atoms with E-state index in [-0.39, 0.29) is 12.2 Å². The predicted octanol–water partition coefficient (Wildman–Crippen LogP) is 3.79. The Morgan fingerprint density at radius 1 is 1.20 bits per heavy atom. The van der Waals surface area contributed by atoms with Gasteiger partial charge < -0.3 is 5.32 Å². The fraction of sp³-hybridized carbons (Fsp3) is 0.143. The van der Waals surface area contributed by atoms with Crippen molar-refractivity contribution in [3.8, 4) is 0 Å². The molecule has 0 heterocycles. The number of benzene rings is 2. The van der Waals surface area contributed by atoms with Crippen LogP contribution < -0.4 is 5.32 Å². The van der Waals surface area contributed by atoms with Gasteiger partial charge in [-0.25, -0.2) is 8.78 Å². The maximum Gasteiger partial charge on any atom is 0.275 e. The van der Waals surface area contributed by atoms with Gasteiger partial charge in [0.25, 0.3) is 5.69 Å². The highest BCUT2D eigenvalue weighted by atomic mass is 19.1. The number of anilines is 1. The number of nitrogens with zero attached hydrogens (tertiary/aromatic N) is 1. The fourth-order valence-corrected chi connectivity index (χ4v) is 1.85. The molecule has 0 aromatic heterocycles. The van der Waals surface area contributed by atoms with Crippen molar-refractivity contribution in [1.29, 1.82) is 0 Å². The summed E-state index contributed by atoms with van der Waals surface area (Å²) >= 11 is 0. The van der Waals surface area contributed by atoms with Gasteiger partial charge in [-0.15, -0.1) is 0 Å². The van der Waals surface area contributed by atoms with E-state index in [0.717, 1.165) is 11.1 Å². The van der Waals surface area contributed by atoms with Gasteiger partial charge in [-0.3, -0.25) is 10.1 Å². The van der Waals surface area contributed by atoms with Crippen molar-refractivity contribution < 1.29 is 13.7 Å². The van der Waals surface area contributed by atoms with E-state index in [1.807, 2.05) is 31.2 Å². The van der Waals surface area contributed by atoms with Crippen molar-refractivity contribution in [2.45, 2.75) is 13.5 Å². The van der Waals surface area contributed by atoms with Gasteiger partial charge in [0.15, 0.2) is 11.6 Å². The largest absolute Gasteiger partial charge is 0.376 e. The molecule has 2 rings (SSSR count). The first-order valence-electron chi connectivity index (χ1n) is 5.90. The third kappa shape index (κ3) is 3.09. The number of non-ortho nitro benzene ring substituents is 1. The molecule has 0 spiro atoms. The normalized spacial score (nSPS) is 10.3. The zero-order chi connectivity index (χ0) is 14.7. The number of hydrogen-bond acceptors (Lipinski definition) is 3. The molecule has 0 atom stereocenters. The van der Waals surface area contributed by atoms with Crippen LogP contribution >= 0.6 is 0 Å². The van der Waals surface area contributed by atoms with Crippen LogP contribution in [-0.2, 0) is 6.54 Å². The summed E-state index contributed by atoms with van der Waals surface area (Å²) in [5.41, 5.74) is 0.925. The van der Waals surface area contributed by atoms with E-state index >= 15 is 0 Å². The molecule has 4 nitrogen and oxygen atoms in total. The van der Waals surface area contributed by atoms with Gasteiger partial charge in [-0.05, 0) is 12.5 Å². The third-order valence-electron chi connectivity index (χ3n) is 2.79. The van der Waals surface area contributed by atoms with E-state index in [0.29, 0.717) is 12.1 Å². The quantitative estimate of drug-likeness (QED) is 0.683. The molecule has 0 amide bonds. The highest BCUT2D eigenvalue weighted by molar-refractivity contribution is 5.52. The monoisotopic (exact) mass is 278 g/mol. The van der Waals surface area contributed by atoms with Gasteiger partial charge in [0, 0.05) is 6.54 Å². The van der Waals surface area contributed by atoms with E-state index in [1.165, 1.54) is 0 Å². The Labute approximate surface area is 114 Å². The number of nitrogens with one attached hydrogen (secondary N) is 1. The summed E-state index contributed by atoms with van der Waals surface area (Å²) in [6, 6.07) is 8.85.